The minimum atomic E-state index is -1.28. The van der Waals surface area contributed by atoms with Gasteiger partial charge in [0.2, 0.25) is 0 Å². The zero-order chi connectivity index (χ0) is 12.3. The Morgan fingerprint density at radius 3 is 1.29 bits per heavy atom. The van der Waals surface area contributed by atoms with E-state index in [0.717, 1.165) is 11.1 Å². The van der Waals surface area contributed by atoms with Crippen LogP contribution in [0.3, 0.4) is 0 Å². The largest absolute Gasteiger partial charge is 0.300 e. The Morgan fingerprint density at radius 1 is 0.647 bits per heavy atom. The Balaban J connectivity index is 2.48. The van der Waals surface area contributed by atoms with Crippen LogP contribution >= 0.6 is 0 Å². The summed E-state index contributed by atoms with van der Waals surface area (Å²) in [5.41, 5.74) is 19.7. The molecular formula is C14H17N3. The van der Waals surface area contributed by atoms with E-state index in [4.69, 9.17) is 17.2 Å². The summed E-state index contributed by atoms with van der Waals surface area (Å²) in [6.07, 6.45) is 0. The minimum Gasteiger partial charge on any atom is -0.300 e. The first kappa shape index (κ1) is 11.8. The summed E-state index contributed by atoms with van der Waals surface area (Å²) in [5.74, 6) is -1.49. The third-order valence-electron chi connectivity index (χ3n) is 2.77. The van der Waals surface area contributed by atoms with Gasteiger partial charge in [0.15, 0.2) is 0 Å². The van der Waals surface area contributed by atoms with Gasteiger partial charge in [0.25, 0.3) is 0 Å². The van der Waals surface area contributed by atoms with Gasteiger partial charge in [0, 0.05) is 0 Å². The van der Waals surface area contributed by atoms with E-state index in [1.807, 2.05) is 60.7 Å². The molecule has 0 saturated heterocycles. The molecule has 0 heterocycles. The number of nitrogens with two attached hydrogens (primary N) is 3. The fourth-order valence-corrected chi connectivity index (χ4v) is 2.06. The molecule has 0 amide bonds. The molecule has 0 aromatic heterocycles. The summed E-state index contributed by atoms with van der Waals surface area (Å²) >= 11 is 0. The van der Waals surface area contributed by atoms with Gasteiger partial charge in [-0.1, -0.05) is 60.7 Å². The van der Waals surface area contributed by atoms with E-state index in [-0.39, 0.29) is 5.92 Å². The molecular weight excluding hydrogens is 210 g/mol. The highest BCUT2D eigenvalue weighted by Crippen LogP contribution is 2.28. The normalized spacial score (nSPS) is 11.8. The van der Waals surface area contributed by atoms with Crippen LogP contribution < -0.4 is 17.2 Å². The summed E-state index contributed by atoms with van der Waals surface area (Å²) in [6, 6.07) is 19.7. The Hall–Kier alpha value is -1.68. The van der Waals surface area contributed by atoms with Gasteiger partial charge in [0.05, 0.1) is 5.92 Å². The van der Waals surface area contributed by atoms with Crippen LogP contribution in [0.25, 0.3) is 0 Å². The SMILES string of the molecule is NC(N)(N)C(c1ccccc1)c1ccccc1. The number of hydrogen-bond acceptors (Lipinski definition) is 3. The summed E-state index contributed by atoms with van der Waals surface area (Å²) in [4.78, 5) is 0. The molecule has 3 nitrogen and oxygen atoms in total. The zero-order valence-corrected chi connectivity index (χ0v) is 9.58. The van der Waals surface area contributed by atoms with Crippen molar-refractivity contribution in [2.45, 2.75) is 11.7 Å². The minimum absolute atomic E-state index is 0.218. The molecule has 3 heteroatoms. The van der Waals surface area contributed by atoms with Crippen LogP contribution in [-0.2, 0) is 0 Å². The zero-order valence-electron chi connectivity index (χ0n) is 9.58. The van der Waals surface area contributed by atoms with Crippen molar-refractivity contribution >= 4 is 0 Å². The van der Waals surface area contributed by atoms with Crippen molar-refractivity contribution in [1.29, 1.82) is 0 Å². The lowest BCUT2D eigenvalue weighted by molar-refractivity contribution is 0.407. The monoisotopic (exact) mass is 227 g/mol. The van der Waals surface area contributed by atoms with Gasteiger partial charge in [-0.15, -0.1) is 0 Å². The van der Waals surface area contributed by atoms with Gasteiger partial charge in [-0.3, -0.25) is 0 Å². The molecule has 0 atom stereocenters. The second-order valence-electron chi connectivity index (χ2n) is 4.25. The maximum atomic E-state index is 5.90. The highest BCUT2D eigenvalue weighted by molar-refractivity contribution is 5.35. The average molecular weight is 227 g/mol. The fourth-order valence-electron chi connectivity index (χ4n) is 2.06. The number of rotatable bonds is 3. The van der Waals surface area contributed by atoms with Gasteiger partial charge in [-0.2, -0.15) is 0 Å². The van der Waals surface area contributed by atoms with E-state index in [9.17, 15) is 0 Å². The van der Waals surface area contributed by atoms with E-state index in [1.165, 1.54) is 0 Å². The lowest BCUT2D eigenvalue weighted by Gasteiger charge is -2.30. The van der Waals surface area contributed by atoms with E-state index in [1.54, 1.807) is 0 Å². The number of benzene rings is 2. The van der Waals surface area contributed by atoms with Crippen LogP contribution in [0.15, 0.2) is 60.7 Å². The molecule has 0 unspecified atom stereocenters. The van der Waals surface area contributed by atoms with Crippen molar-refractivity contribution in [1.82, 2.24) is 0 Å². The van der Waals surface area contributed by atoms with Gasteiger partial charge in [-0.25, -0.2) is 0 Å². The molecule has 2 rings (SSSR count). The second-order valence-corrected chi connectivity index (χ2v) is 4.25. The molecule has 0 saturated carbocycles. The molecule has 17 heavy (non-hydrogen) atoms. The maximum Gasteiger partial charge on any atom is 0.127 e. The van der Waals surface area contributed by atoms with Crippen LogP contribution in [0.2, 0.25) is 0 Å². The van der Waals surface area contributed by atoms with Crippen molar-refractivity contribution in [3.63, 3.8) is 0 Å². The molecule has 0 fully saturated rings. The van der Waals surface area contributed by atoms with Crippen LogP contribution in [0.5, 0.6) is 0 Å². The lowest BCUT2D eigenvalue weighted by Crippen LogP contribution is -2.62. The Bertz CT molecular complexity index is 420. The van der Waals surface area contributed by atoms with E-state index >= 15 is 0 Å². The van der Waals surface area contributed by atoms with E-state index in [2.05, 4.69) is 0 Å². The molecule has 2 aromatic carbocycles. The molecule has 0 bridgehead atoms. The first-order valence-electron chi connectivity index (χ1n) is 5.55. The fraction of sp³-hybridized carbons (Fsp3) is 0.143. The van der Waals surface area contributed by atoms with Gasteiger partial charge in [-0.05, 0) is 11.1 Å². The lowest BCUT2D eigenvalue weighted by atomic mass is 9.86. The van der Waals surface area contributed by atoms with Crippen LogP contribution in [0.4, 0.5) is 0 Å². The average Bonchev–Trinajstić information content (AvgIpc) is 2.30. The Morgan fingerprint density at radius 2 is 1.00 bits per heavy atom. The second kappa shape index (κ2) is 4.67. The first-order chi connectivity index (χ1) is 8.09. The van der Waals surface area contributed by atoms with Gasteiger partial charge < -0.3 is 17.2 Å². The third-order valence-corrected chi connectivity index (χ3v) is 2.77. The molecule has 2 aromatic rings. The predicted octanol–water partition coefficient (Wildman–Crippen LogP) is 1.35. The predicted molar refractivity (Wildman–Crippen MR) is 70.0 cm³/mol. The molecule has 0 radical (unpaired) electrons. The van der Waals surface area contributed by atoms with Gasteiger partial charge >= 0.3 is 0 Å². The smallest absolute Gasteiger partial charge is 0.127 e. The van der Waals surface area contributed by atoms with E-state index < -0.39 is 5.79 Å². The van der Waals surface area contributed by atoms with Crippen LogP contribution in [-0.4, -0.2) is 5.79 Å². The number of hydrogen-bond donors (Lipinski definition) is 3. The molecule has 0 aliphatic heterocycles. The molecule has 0 spiro atoms. The highest BCUT2D eigenvalue weighted by atomic mass is 15.1. The summed E-state index contributed by atoms with van der Waals surface area (Å²) < 4.78 is 0. The van der Waals surface area contributed by atoms with Crippen molar-refractivity contribution in [2.75, 3.05) is 0 Å². The molecule has 88 valence electrons. The van der Waals surface area contributed by atoms with Crippen LogP contribution in [0, 0.1) is 0 Å². The van der Waals surface area contributed by atoms with Crippen molar-refractivity contribution in [2.24, 2.45) is 17.2 Å². The van der Waals surface area contributed by atoms with E-state index in [0.29, 0.717) is 0 Å². The van der Waals surface area contributed by atoms with Gasteiger partial charge in [0.1, 0.15) is 5.79 Å². The highest BCUT2D eigenvalue weighted by Gasteiger charge is 2.29. The van der Waals surface area contributed by atoms with Crippen molar-refractivity contribution in [3.8, 4) is 0 Å². The summed E-state index contributed by atoms with van der Waals surface area (Å²) in [5, 5.41) is 0. The van der Waals surface area contributed by atoms with Crippen LogP contribution in [0.1, 0.15) is 17.0 Å². The van der Waals surface area contributed by atoms with Crippen molar-refractivity contribution < 1.29 is 0 Å². The summed E-state index contributed by atoms with van der Waals surface area (Å²) in [7, 11) is 0. The third kappa shape index (κ3) is 2.71. The summed E-state index contributed by atoms with van der Waals surface area (Å²) in [6.45, 7) is 0. The quantitative estimate of drug-likeness (QED) is 0.692. The Labute approximate surface area is 101 Å². The molecule has 0 aliphatic carbocycles. The Kier molecular flexibility index (Phi) is 3.24. The van der Waals surface area contributed by atoms with Crippen molar-refractivity contribution in [3.05, 3.63) is 71.8 Å². The topological polar surface area (TPSA) is 78.1 Å². The molecule has 0 aliphatic rings. The first-order valence-corrected chi connectivity index (χ1v) is 5.55. The molecule has 6 N–H and O–H groups in total. The standard InChI is InChI=1S/C14H17N3/c15-14(16,17)13(11-7-3-1-4-8-11)12-9-5-2-6-10-12/h1-10,13H,15-17H2. The maximum absolute atomic E-state index is 5.90.